The number of hydrogen-bond acceptors (Lipinski definition) is 3. The zero-order valence-corrected chi connectivity index (χ0v) is 13.7. The molecule has 25 heavy (non-hydrogen) atoms. The van der Waals surface area contributed by atoms with Gasteiger partial charge in [-0.25, -0.2) is 4.39 Å². The van der Waals surface area contributed by atoms with Crippen molar-refractivity contribution in [2.24, 2.45) is 0 Å². The van der Waals surface area contributed by atoms with Crippen LogP contribution >= 0.6 is 0 Å². The Bertz CT molecular complexity index is 1040. The van der Waals surface area contributed by atoms with Crippen molar-refractivity contribution in [3.8, 4) is 28.1 Å². The molecule has 4 nitrogen and oxygen atoms in total. The molecular weight excluding hydrogens is 317 g/mol. The molecule has 0 spiro atoms. The zero-order valence-electron chi connectivity index (χ0n) is 13.7. The fourth-order valence-electron chi connectivity index (χ4n) is 2.89. The first-order valence-electron chi connectivity index (χ1n) is 8.07. The molecule has 0 aliphatic heterocycles. The predicted octanol–water partition coefficient (Wildman–Crippen LogP) is 4.83. The first-order valence-corrected chi connectivity index (χ1v) is 8.07. The van der Waals surface area contributed by atoms with Gasteiger partial charge in [-0.05, 0) is 42.8 Å². The Hall–Kier alpha value is -3.21. The maximum Gasteiger partial charge on any atom is 0.138 e. The third kappa shape index (κ3) is 2.96. The Balaban J connectivity index is 1.92. The van der Waals surface area contributed by atoms with Crippen LogP contribution in [0, 0.1) is 5.82 Å². The molecule has 0 aliphatic rings. The summed E-state index contributed by atoms with van der Waals surface area (Å²) in [5, 5.41) is 8.01. The van der Waals surface area contributed by atoms with E-state index in [-0.39, 0.29) is 5.82 Å². The number of fused-ring (bicyclic) bond motifs is 1. The van der Waals surface area contributed by atoms with Gasteiger partial charge < -0.3 is 4.74 Å². The van der Waals surface area contributed by atoms with Crippen LogP contribution in [0.1, 0.15) is 6.92 Å². The van der Waals surface area contributed by atoms with Crippen molar-refractivity contribution >= 4 is 10.9 Å². The van der Waals surface area contributed by atoms with Gasteiger partial charge in [-0.2, -0.15) is 5.10 Å². The number of aromatic nitrogens is 3. The number of ether oxygens (including phenoxy) is 1. The van der Waals surface area contributed by atoms with Crippen molar-refractivity contribution in [3.05, 3.63) is 66.7 Å². The van der Waals surface area contributed by atoms with Crippen molar-refractivity contribution in [2.75, 3.05) is 6.61 Å². The summed E-state index contributed by atoms with van der Waals surface area (Å²) < 4.78 is 19.3. The van der Waals surface area contributed by atoms with Gasteiger partial charge in [0.25, 0.3) is 0 Å². The van der Waals surface area contributed by atoms with Gasteiger partial charge in [-0.3, -0.25) is 10.1 Å². The van der Waals surface area contributed by atoms with E-state index in [1.54, 1.807) is 18.5 Å². The summed E-state index contributed by atoms with van der Waals surface area (Å²) in [7, 11) is 0. The van der Waals surface area contributed by atoms with Gasteiger partial charge in [0.1, 0.15) is 11.6 Å². The molecule has 0 saturated heterocycles. The monoisotopic (exact) mass is 333 g/mol. The summed E-state index contributed by atoms with van der Waals surface area (Å²) >= 11 is 0. The molecule has 4 aromatic rings. The smallest absolute Gasteiger partial charge is 0.138 e. The molecule has 0 unspecified atom stereocenters. The Morgan fingerprint density at radius 3 is 2.80 bits per heavy atom. The summed E-state index contributed by atoms with van der Waals surface area (Å²) in [6.07, 6.45) is 3.45. The lowest BCUT2D eigenvalue weighted by atomic mass is 9.98. The molecule has 0 bridgehead atoms. The molecule has 0 saturated carbocycles. The van der Waals surface area contributed by atoms with E-state index >= 15 is 0 Å². The van der Waals surface area contributed by atoms with E-state index in [0.717, 1.165) is 27.6 Å². The number of nitrogens with one attached hydrogen (secondary N) is 1. The van der Waals surface area contributed by atoms with E-state index in [0.29, 0.717) is 18.1 Å². The Morgan fingerprint density at radius 1 is 1.04 bits per heavy atom. The minimum absolute atomic E-state index is 0.288. The third-order valence-electron chi connectivity index (χ3n) is 4.02. The molecule has 0 radical (unpaired) electrons. The lowest BCUT2D eigenvalue weighted by molar-refractivity contribution is 0.339. The SMILES string of the molecule is CCOc1cnc(-c2cccc(F)c2)c(-c2ccc3[nH]ncc3c2)c1. The minimum Gasteiger partial charge on any atom is -0.492 e. The molecule has 0 amide bonds. The number of nitrogens with zero attached hydrogens (tertiary/aromatic N) is 2. The number of H-pyrrole nitrogens is 1. The van der Waals surface area contributed by atoms with Crippen LogP contribution in [0.2, 0.25) is 0 Å². The fraction of sp³-hybridized carbons (Fsp3) is 0.100. The standard InChI is InChI=1S/C20H16FN3O/c1-2-25-17-10-18(13-6-7-19-15(8-13)11-23-24-19)20(22-12-17)14-4-3-5-16(21)9-14/h3-12H,2H2,1H3,(H,23,24). The molecular formula is C20H16FN3O. The first-order chi connectivity index (χ1) is 12.2. The molecule has 2 aromatic carbocycles. The van der Waals surface area contributed by atoms with Gasteiger partial charge in [-0.1, -0.05) is 18.2 Å². The van der Waals surface area contributed by atoms with Crippen molar-refractivity contribution in [1.82, 2.24) is 15.2 Å². The fourth-order valence-corrected chi connectivity index (χ4v) is 2.89. The average molecular weight is 333 g/mol. The molecule has 0 atom stereocenters. The highest BCUT2D eigenvalue weighted by Gasteiger charge is 2.12. The van der Waals surface area contributed by atoms with Gasteiger partial charge in [0, 0.05) is 16.5 Å². The van der Waals surface area contributed by atoms with E-state index in [1.807, 2.05) is 37.3 Å². The quantitative estimate of drug-likeness (QED) is 0.582. The maximum atomic E-state index is 13.7. The number of rotatable bonds is 4. The molecule has 0 fully saturated rings. The van der Waals surface area contributed by atoms with Gasteiger partial charge in [0.15, 0.2) is 0 Å². The molecule has 124 valence electrons. The Labute approximate surface area is 144 Å². The van der Waals surface area contributed by atoms with Crippen LogP contribution in [0.25, 0.3) is 33.3 Å². The number of halogens is 1. The summed E-state index contributed by atoms with van der Waals surface area (Å²) in [5.74, 6) is 0.398. The van der Waals surface area contributed by atoms with Crippen molar-refractivity contribution < 1.29 is 9.13 Å². The second-order valence-electron chi connectivity index (χ2n) is 5.68. The van der Waals surface area contributed by atoms with Crippen LogP contribution in [-0.2, 0) is 0 Å². The first kappa shape index (κ1) is 15.3. The van der Waals surface area contributed by atoms with Crippen LogP contribution in [0.15, 0.2) is 60.9 Å². The van der Waals surface area contributed by atoms with Crippen LogP contribution < -0.4 is 4.74 Å². The second-order valence-corrected chi connectivity index (χ2v) is 5.68. The number of benzene rings is 2. The van der Waals surface area contributed by atoms with Crippen molar-refractivity contribution in [3.63, 3.8) is 0 Å². The van der Waals surface area contributed by atoms with Gasteiger partial charge in [-0.15, -0.1) is 0 Å². The van der Waals surface area contributed by atoms with E-state index in [9.17, 15) is 4.39 Å². The van der Waals surface area contributed by atoms with Crippen LogP contribution in [0.5, 0.6) is 5.75 Å². The average Bonchev–Trinajstić information content (AvgIpc) is 3.09. The summed E-state index contributed by atoms with van der Waals surface area (Å²) in [6.45, 7) is 2.49. The second kappa shape index (κ2) is 6.36. The van der Waals surface area contributed by atoms with Crippen LogP contribution in [-0.4, -0.2) is 21.8 Å². The lowest BCUT2D eigenvalue weighted by Gasteiger charge is -2.12. The zero-order chi connectivity index (χ0) is 17.2. The maximum absolute atomic E-state index is 13.7. The predicted molar refractivity (Wildman–Crippen MR) is 95.9 cm³/mol. The molecule has 5 heteroatoms. The normalized spacial score (nSPS) is 11.0. The number of hydrogen-bond donors (Lipinski definition) is 1. The van der Waals surface area contributed by atoms with E-state index in [1.165, 1.54) is 12.1 Å². The van der Waals surface area contributed by atoms with Gasteiger partial charge >= 0.3 is 0 Å². The molecule has 0 aliphatic carbocycles. The van der Waals surface area contributed by atoms with E-state index < -0.39 is 0 Å². The van der Waals surface area contributed by atoms with Crippen LogP contribution in [0.4, 0.5) is 4.39 Å². The highest BCUT2D eigenvalue weighted by Crippen LogP contribution is 2.34. The molecule has 4 rings (SSSR count). The van der Waals surface area contributed by atoms with Gasteiger partial charge in [0.2, 0.25) is 0 Å². The molecule has 2 aromatic heterocycles. The van der Waals surface area contributed by atoms with Crippen molar-refractivity contribution in [1.29, 1.82) is 0 Å². The topological polar surface area (TPSA) is 50.8 Å². The Morgan fingerprint density at radius 2 is 1.96 bits per heavy atom. The largest absolute Gasteiger partial charge is 0.492 e. The van der Waals surface area contributed by atoms with E-state index in [2.05, 4.69) is 15.2 Å². The summed E-state index contributed by atoms with van der Waals surface area (Å²) in [6, 6.07) is 14.4. The highest BCUT2D eigenvalue weighted by molar-refractivity contribution is 5.88. The summed E-state index contributed by atoms with van der Waals surface area (Å²) in [4.78, 5) is 4.54. The number of aromatic amines is 1. The van der Waals surface area contributed by atoms with E-state index in [4.69, 9.17) is 4.74 Å². The Kier molecular flexibility index (Phi) is 3.90. The highest BCUT2D eigenvalue weighted by atomic mass is 19.1. The minimum atomic E-state index is -0.288. The van der Waals surface area contributed by atoms with Crippen LogP contribution in [0.3, 0.4) is 0 Å². The van der Waals surface area contributed by atoms with Crippen molar-refractivity contribution in [2.45, 2.75) is 6.92 Å². The van der Waals surface area contributed by atoms with Gasteiger partial charge in [0.05, 0.1) is 30.2 Å². The molecule has 2 heterocycles. The lowest BCUT2D eigenvalue weighted by Crippen LogP contribution is -1.96. The third-order valence-corrected chi connectivity index (χ3v) is 4.02. The number of pyridine rings is 1. The summed E-state index contributed by atoms with van der Waals surface area (Å²) in [5.41, 5.74) is 4.27. The molecule has 1 N–H and O–H groups in total.